The number of amides is 1. The van der Waals surface area contributed by atoms with Crippen molar-refractivity contribution in [3.63, 3.8) is 0 Å². The van der Waals surface area contributed by atoms with E-state index in [9.17, 15) is 26.7 Å². The van der Waals surface area contributed by atoms with Gasteiger partial charge in [-0.25, -0.2) is 18.6 Å². The molecule has 29 heavy (non-hydrogen) atoms. The highest BCUT2D eigenvalue weighted by molar-refractivity contribution is 7.11. The fraction of sp³-hybridized carbons (Fsp3) is 0.111. The number of hydrazone groups is 1. The maximum Gasteiger partial charge on any atom is 0.307 e. The molecule has 0 aliphatic carbocycles. The van der Waals surface area contributed by atoms with Crippen molar-refractivity contribution >= 4 is 23.5 Å². The number of thiophene rings is 1. The summed E-state index contributed by atoms with van der Waals surface area (Å²) >= 11 is 1.43. The van der Waals surface area contributed by atoms with Gasteiger partial charge in [-0.2, -0.15) is 13.9 Å². The molecule has 0 fully saturated rings. The van der Waals surface area contributed by atoms with Gasteiger partial charge in [0.25, 0.3) is 0 Å². The molecule has 11 heteroatoms. The zero-order valence-electron chi connectivity index (χ0n) is 14.6. The Morgan fingerprint density at radius 1 is 1.10 bits per heavy atom. The van der Waals surface area contributed by atoms with Crippen LogP contribution in [0.5, 0.6) is 5.75 Å². The molecule has 0 unspecified atom stereocenters. The van der Waals surface area contributed by atoms with Crippen LogP contribution in [0.2, 0.25) is 0 Å². The molecule has 0 aliphatic heterocycles. The van der Waals surface area contributed by atoms with E-state index in [4.69, 9.17) is 4.42 Å². The molecule has 2 aromatic heterocycles. The number of hydrogen-bond acceptors (Lipinski definition) is 5. The average Bonchev–Trinajstić information content (AvgIpc) is 3.34. The Bertz CT molecular complexity index is 1060. The molecule has 0 saturated heterocycles. The van der Waals surface area contributed by atoms with Crippen LogP contribution in [0.15, 0.2) is 33.1 Å². The first-order chi connectivity index (χ1) is 13.8. The van der Waals surface area contributed by atoms with E-state index < -0.39 is 47.3 Å². The van der Waals surface area contributed by atoms with Crippen molar-refractivity contribution in [2.24, 2.45) is 5.10 Å². The first-order valence-corrected chi connectivity index (χ1v) is 8.78. The molecule has 1 N–H and O–H groups in total. The van der Waals surface area contributed by atoms with E-state index in [2.05, 4.69) is 15.3 Å². The molecule has 0 atom stereocenters. The van der Waals surface area contributed by atoms with E-state index in [0.29, 0.717) is 0 Å². The van der Waals surface area contributed by atoms with Gasteiger partial charge in [0.15, 0.2) is 11.5 Å². The van der Waals surface area contributed by atoms with Gasteiger partial charge < -0.3 is 9.15 Å². The fourth-order valence-corrected chi connectivity index (χ4v) is 2.94. The standard InChI is InChI=1S/C18H11F5N2O3S/c1-8-4-5-29-11(8)6-24-25-18(26)10-3-2-9(28-10)7-27-17-15(22)13(20)12(19)14(21)16(17)23/h2-6H,7H2,1H3,(H,25,26)/b24-6+. The number of ether oxygens (including phenoxy) is 1. The van der Waals surface area contributed by atoms with Gasteiger partial charge in [-0.3, -0.25) is 4.79 Å². The maximum atomic E-state index is 13.6. The van der Waals surface area contributed by atoms with Crippen molar-refractivity contribution in [1.29, 1.82) is 0 Å². The number of hydrogen-bond donors (Lipinski definition) is 1. The zero-order chi connectivity index (χ0) is 21.1. The van der Waals surface area contributed by atoms with Crippen molar-refractivity contribution in [2.45, 2.75) is 13.5 Å². The number of nitrogens with zero attached hydrogens (tertiary/aromatic N) is 1. The molecule has 1 aromatic carbocycles. The molecule has 0 radical (unpaired) electrons. The third-order valence-corrected chi connectivity index (χ3v) is 4.62. The highest BCUT2D eigenvalue weighted by atomic mass is 32.1. The topological polar surface area (TPSA) is 63.8 Å². The summed E-state index contributed by atoms with van der Waals surface area (Å²) in [5.74, 6) is -13.2. The van der Waals surface area contributed by atoms with Crippen LogP contribution in [0.4, 0.5) is 22.0 Å². The molecule has 0 spiro atoms. The SMILES string of the molecule is Cc1ccsc1/C=N/NC(=O)c1ccc(COc2c(F)c(F)c(F)c(F)c2F)o1. The molecule has 0 bridgehead atoms. The van der Waals surface area contributed by atoms with Gasteiger partial charge in [0.05, 0.1) is 6.21 Å². The highest BCUT2D eigenvalue weighted by Crippen LogP contribution is 2.29. The predicted octanol–water partition coefficient (Wildman–Crippen LogP) is 4.69. The zero-order valence-corrected chi connectivity index (χ0v) is 15.4. The van der Waals surface area contributed by atoms with E-state index in [0.717, 1.165) is 10.4 Å². The Labute approximate surface area is 164 Å². The molecule has 0 saturated carbocycles. The Morgan fingerprint density at radius 3 is 2.38 bits per heavy atom. The lowest BCUT2D eigenvalue weighted by atomic mass is 10.2. The molecular formula is C18H11F5N2O3S. The second-order valence-corrected chi connectivity index (χ2v) is 6.57. The number of benzene rings is 1. The van der Waals surface area contributed by atoms with Gasteiger partial charge in [0.1, 0.15) is 12.4 Å². The summed E-state index contributed by atoms with van der Waals surface area (Å²) in [4.78, 5) is 12.8. The van der Waals surface area contributed by atoms with Gasteiger partial charge in [0.2, 0.25) is 29.1 Å². The minimum atomic E-state index is -2.29. The first kappa shape index (κ1) is 20.5. The monoisotopic (exact) mass is 430 g/mol. The summed E-state index contributed by atoms with van der Waals surface area (Å²) in [6.07, 6.45) is 1.45. The van der Waals surface area contributed by atoms with Crippen LogP contribution in [-0.2, 0) is 6.61 Å². The number of rotatable bonds is 6. The maximum absolute atomic E-state index is 13.6. The Kier molecular flexibility index (Phi) is 5.97. The summed E-state index contributed by atoms with van der Waals surface area (Å²) in [6.45, 7) is 1.20. The van der Waals surface area contributed by atoms with E-state index in [1.54, 1.807) is 0 Å². The Morgan fingerprint density at radius 2 is 1.76 bits per heavy atom. The number of nitrogens with one attached hydrogen (secondary N) is 1. The van der Waals surface area contributed by atoms with Crippen molar-refractivity contribution in [1.82, 2.24) is 5.43 Å². The van der Waals surface area contributed by atoms with Crippen LogP contribution >= 0.6 is 11.3 Å². The van der Waals surface area contributed by atoms with Crippen LogP contribution in [-0.4, -0.2) is 12.1 Å². The van der Waals surface area contributed by atoms with Crippen molar-refractivity contribution in [3.05, 3.63) is 74.6 Å². The highest BCUT2D eigenvalue weighted by Gasteiger charge is 2.27. The van der Waals surface area contributed by atoms with Gasteiger partial charge in [-0.15, -0.1) is 11.3 Å². The number of aryl methyl sites for hydroxylation is 1. The van der Waals surface area contributed by atoms with Crippen LogP contribution in [0.3, 0.4) is 0 Å². The smallest absolute Gasteiger partial charge is 0.307 e. The average molecular weight is 430 g/mol. The largest absolute Gasteiger partial charge is 0.479 e. The van der Waals surface area contributed by atoms with Crippen LogP contribution < -0.4 is 10.2 Å². The summed E-state index contributed by atoms with van der Waals surface area (Å²) in [7, 11) is 0. The lowest BCUT2D eigenvalue weighted by molar-refractivity contribution is 0.0923. The third-order valence-electron chi connectivity index (χ3n) is 3.66. The summed E-state index contributed by atoms with van der Waals surface area (Å²) < 4.78 is 76.2. The number of furan rings is 1. The van der Waals surface area contributed by atoms with Crippen LogP contribution in [0, 0.1) is 36.0 Å². The second kappa shape index (κ2) is 8.43. The Balaban J connectivity index is 1.64. The fourth-order valence-electron chi connectivity index (χ4n) is 2.15. The van der Waals surface area contributed by atoms with Gasteiger partial charge in [0, 0.05) is 4.88 Å². The summed E-state index contributed by atoms with van der Waals surface area (Å²) in [5.41, 5.74) is 3.22. The lowest BCUT2D eigenvalue weighted by Gasteiger charge is -2.09. The van der Waals surface area contributed by atoms with Gasteiger partial charge in [-0.05, 0) is 36.1 Å². The molecule has 0 aliphatic rings. The van der Waals surface area contributed by atoms with Crippen molar-refractivity contribution in [2.75, 3.05) is 0 Å². The minimum absolute atomic E-state index is 0.0860. The number of carbonyl (C=O) groups is 1. The number of carbonyl (C=O) groups excluding carboxylic acids is 1. The summed E-state index contributed by atoms with van der Waals surface area (Å²) in [6, 6.07) is 4.36. The molecule has 1 amide bonds. The van der Waals surface area contributed by atoms with Crippen LogP contribution in [0.1, 0.15) is 26.8 Å². The van der Waals surface area contributed by atoms with E-state index in [1.165, 1.54) is 29.7 Å². The predicted molar refractivity (Wildman–Crippen MR) is 93.4 cm³/mol. The minimum Gasteiger partial charge on any atom is -0.479 e. The lowest BCUT2D eigenvalue weighted by Crippen LogP contribution is -2.16. The van der Waals surface area contributed by atoms with E-state index in [-0.39, 0.29) is 11.5 Å². The molecule has 152 valence electrons. The van der Waals surface area contributed by atoms with Gasteiger partial charge >= 0.3 is 5.91 Å². The molecular weight excluding hydrogens is 419 g/mol. The van der Waals surface area contributed by atoms with Gasteiger partial charge in [-0.1, -0.05) is 0 Å². The third kappa shape index (κ3) is 4.29. The quantitative estimate of drug-likeness (QED) is 0.203. The van der Waals surface area contributed by atoms with Crippen LogP contribution in [0.25, 0.3) is 0 Å². The first-order valence-electron chi connectivity index (χ1n) is 7.90. The Hall–Kier alpha value is -3.21. The molecule has 3 aromatic rings. The van der Waals surface area contributed by atoms with E-state index in [1.807, 2.05) is 18.4 Å². The molecule has 3 rings (SSSR count). The second-order valence-electron chi connectivity index (χ2n) is 5.62. The van der Waals surface area contributed by atoms with E-state index >= 15 is 0 Å². The summed E-state index contributed by atoms with van der Waals surface area (Å²) in [5, 5.41) is 5.64. The molecule has 5 nitrogen and oxygen atoms in total. The normalized spacial score (nSPS) is 11.2. The molecule has 2 heterocycles. The number of halogens is 5. The van der Waals surface area contributed by atoms with Crippen molar-refractivity contribution in [3.8, 4) is 5.75 Å². The van der Waals surface area contributed by atoms with Crippen molar-refractivity contribution < 1.29 is 35.9 Å².